The molecule has 0 spiro atoms. The molecule has 25 heavy (non-hydrogen) atoms. The zero-order valence-electron chi connectivity index (χ0n) is 13.0. The first-order chi connectivity index (χ1) is 11.9. The number of rotatable bonds is 7. The first-order valence-electron chi connectivity index (χ1n) is 7.29. The summed E-state index contributed by atoms with van der Waals surface area (Å²) in [5, 5.41) is 0.498. The summed E-state index contributed by atoms with van der Waals surface area (Å²) >= 11 is 11.9. The number of amides is 2. The van der Waals surface area contributed by atoms with Crippen molar-refractivity contribution in [1.29, 1.82) is 0 Å². The molecule has 5 nitrogen and oxygen atoms in total. The van der Waals surface area contributed by atoms with E-state index in [-0.39, 0.29) is 30.3 Å². The number of benzene rings is 2. The van der Waals surface area contributed by atoms with Gasteiger partial charge in [0.1, 0.15) is 16.6 Å². The van der Waals surface area contributed by atoms with Gasteiger partial charge in [0.15, 0.2) is 6.61 Å². The third-order valence-corrected chi connectivity index (χ3v) is 4.09. The Kier molecular flexibility index (Phi) is 6.61. The van der Waals surface area contributed by atoms with Crippen molar-refractivity contribution >= 4 is 40.7 Å². The molecule has 2 aromatic rings. The highest BCUT2D eigenvalue weighted by Crippen LogP contribution is 2.31. The highest BCUT2D eigenvalue weighted by atomic mass is 35.5. The number of carbonyl (C=O) groups is 2. The van der Waals surface area contributed by atoms with Gasteiger partial charge in [0.2, 0.25) is 5.91 Å². The molecule has 8 heteroatoms. The van der Waals surface area contributed by atoms with Gasteiger partial charge in [-0.2, -0.15) is 0 Å². The summed E-state index contributed by atoms with van der Waals surface area (Å²) in [4.78, 5) is 24.8. The molecular formula is C17H15Cl2FN2O3. The summed E-state index contributed by atoms with van der Waals surface area (Å²) in [6.45, 7) is -0.289. The number of anilines is 1. The van der Waals surface area contributed by atoms with Crippen LogP contribution >= 0.6 is 23.2 Å². The highest BCUT2D eigenvalue weighted by Gasteiger charge is 2.18. The Morgan fingerprint density at radius 2 is 1.80 bits per heavy atom. The maximum atomic E-state index is 13.1. The lowest BCUT2D eigenvalue weighted by molar-refractivity contribution is -0.120. The summed E-state index contributed by atoms with van der Waals surface area (Å²) in [7, 11) is 0. The van der Waals surface area contributed by atoms with Crippen molar-refractivity contribution in [2.75, 3.05) is 18.1 Å². The highest BCUT2D eigenvalue weighted by molar-refractivity contribution is 6.42. The molecule has 0 atom stereocenters. The largest absolute Gasteiger partial charge is 0.482 e. The van der Waals surface area contributed by atoms with Crippen LogP contribution in [0.2, 0.25) is 10.0 Å². The van der Waals surface area contributed by atoms with Crippen molar-refractivity contribution < 1.29 is 18.7 Å². The van der Waals surface area contributed by atoms with Gasteiger partial charge in [-0.15, -0.1) is 0 Å². The van der Waals surface area contributed by atoms with E-state index >= 15 is 0 Å². The van der Waals surface area contributed by atoms with Crippen molar-refractivity contribution in [2.24, 2.45) is 5.73 Å². The van der Waals surface area contributed by atoms with E-state index in [1.165, 1.54) is 29.2 Å². The summed E-state index contributed by atoms with van der Waals surface area (Å²) < 4.78 is 18.5. The number of halogens is 3. The van der Waals surface area contributed by atoms with Gasteiger partial charge < -0.3 is 15.4 Å². The Labute approximate surface area is 154 Å². The Morgan fingerprint density at radius 3 is 2.44 bits per heavy atom. The first-order valence-corrected chi connectivity index (χ1v) is 8.05. The molecule has 2 amide bonds. The lowest BCUT2D eigenvalue weighted by Crippen LogP contribution is -2.37. The summed E-state index contributed by atoms with van der Waals surface area (Å²) in [6.07, 6.45) is -0.0406. The normalized spacial score (nSPS) is 10.4. The minimum absolute atomic E-state index is 0.0406. The van der Waals surface area contributed by atoms with Crippen LogP contribution in [0.5, 0.6) is 5.75 Å². The van der Waals surface area contributed by atoms with Crippen LogP contribution in [0.25, 0.3) is 0 Å². The van der Waals surface area contributed by atoms with Gasteiger partial charge in [0.05, 0.1) is 5.02 Å². The van der Waals surface area contributed by atoms with E-state index in [2.05, 4.69) is 0 Å². The number of hydrogen-bond donors (Lipinski definition) is 1. The molecule has 0 radical (unpaired) electrons. The maximum absolute atomic E-state index is 13.1. The van der Waals surface area contributed by atoms with Gasteiger partial charge >= 0.3 is 0 Å². The van der Waals surface area contributed by atoms with Crippen LogP contribution < -0.4 is 15.4 Å². The number of ether oxygens (including phenoxy) is 1. The second-order valence-electron chi connectivity index (χ2n) is 5.08. The fraction of sp³-hybridized carbons (Fsp3) is 0.176. The summed E-state index contributed by atoms with van der Waals surface area (Å²) in [5.41, 5.74) is 5.57. The third kappa shape index (κ3) is 5.34. The van der Waals surface area contributed by atoms with Crippen LogP contribution in [-0.4, -0.2) is 25.0 Å². The zero-order valence-corrected chi connectivity index (χ0v) is 14.6. The SMILES string of the molecule is NC(=O)CCN(C(=O)COc1cccc(Cl)c1Cl)c1ccc(F)cc1. The molecule has 132 valence electrons. The molecule has 2 N–H and O–H groups in total. The Hall–Kier alpha value is -2.31. The third-order valence-electron chi connectivity index (χ3n) is 3.29. The molecule has 0 aliphatic rings. The average Bonchev–Trinajstić information content (AvgIpc) is 2.57. The minimum Gasteiger partial charge on any atom is -0.482 e. The summed E-state index contributed by atoms with van der Waals surface area (Å²) in [5.74, 6) is -1.17. The van der Waals surface area contributed by atoms with Gasteiger partial charge in [-0.3, -0.25) is 9.59 Å². The molecule has 0 aliphatic heterocycles. The Balaban J connectivity index is 2.12. The van der Waals surface area contributed by atoms with Gasteiger partial charge in [0, 0.05) is 18.7 Å². The lowest BCUT2D eigenvalue weighted by atomic mass is 10.2. The molecule has 0 aromatic heterocycles. The molecule has 2 aromatic carbocycles. The molecule has 0 fully saturated rings. The van der Waals surface area contributed by atoms with Crippen molar-refractivity contribution in [3.8, 4) is 5.75 Å². The van der Waals surface area contributed by atoms with Crippen molar-refractivity contribution in [3.05, 3.63) is 58.3 Å². The molecule has 0 heterocycles. The van der Waals surface area contributed by atoms with Crippen LogP contribution in [0, 0.1) is 5.82 Å². The van der Waals surface area contributed by atoms with Gasteiger partial charge in [-0.05, 0) is 36.4 Å². The number of carbonyl (C=O) groups excluding carboxylic acids is 2. The van der Waals surface area contributed by atoms with Gasteiger partial charge in [0.25, 0.3) is 5.91 Å². The van der Waals surface area contributed by atoms with Crippen molar-refractivity contribution in [1.82, 2.24) is 0 Å². The minimum atomic E-state index is -0.557. The standard InChI is InChI=1S/C17H15Cl2FN2O3/c18-13-2-1-3-14(17(13)19)25-10-16(24)22(9-8-15(21)23)12-6-4-11(20)5-7-12/h1-7H,8-10H2,(H2,21,23). The van der Waals surface area contributed by atoms with E-state index in [1.54, 1.807) is 18.2 Å². The van der Waals surface area contributed by atoms with Crippen LogP contribution in [-0.2, 0) is 9.59 Å². The molecule has 0 bridgehead atoms. The van der Waals surface area contributed by atoms with E-state index in [4.69, 9.17) is 33.7 Å². The number of nitrogens with zero attached hydrogens (tertiary/aromatic N) is 1. The van der Waals surface area contributed by atoms with Crippen LogP contribution in [0.15, 0.2) is 42.5 Å². The number of primary amides is 1. The van der Waals surface area contributed by atoms with E-state index in [9.17, 15) is 14.0 Å². The van der Waals surface area contributed by atoms with Crippen LogP contribution in [0.3, 0.4) is 0 Å². The first kappa shape index (κ1) is 19.0. The Morgan fingerprint density at radius 1 is 1.12 bits per heavy atom. The van der Waals surface area contributed by atoms with Crippen LogP contribution in [0.1, 0.15) is 6.42 Å². The molecule has 2 rings (SSSR count). The molecular weight excluding hydrogens is 370 g/mol. The van der Waals surface area contributed by atoms with Crippen LogP contribution in [0.4, 0.5) is 10.1 Å². The number of nitrogens with two attached hydrogens (primary N) is 1. The zero-order chi connectivity index (χ0) is 18.4. The lowest BCUT2D eigenvalue weighted by Gasteiger charge is -2.22. The predicted octanol–water partition coefficient (Wildman–Crippen LogP) is 3.42. The smallest absolute Gasteiger partial charge is 0.264 e. The van der Waals surface area contributed by atoms with E-state index in [0.29, 0.717) is 10.7 Å². The van der Waals surface area contributed by atoms with E-state index < -0.39 is 17.6 Å². The molecule has 0 saturated heterocycles. The van der Waals surface area contributed by atoms with Crippen molar-refractivity contribution in [3.63, 3.8) is 0 Å². The van der Waals surface area contributed by atoms with E-state index in [1.807, 2.05) is 0 Å². The maximum Gasteiger partial charge on any atom is 0.264 e. The predicted molar refractivity (Wildman–Crippen MR) is 94.5 cm³/mol. The Bertz CT molecular complexity index is 769. The molecule has 0 saturated carbocycles. The second kappa shape index (κ2) is 8.69. The van der Waals surface area contributed by atoms with E-state index in [0.717, 1.165) is 0 Å². The topological polar surface area (TPSA) is 72.6 Å². The average molecular weight is 385 g/mol. The quantitative estimate of drug-likeness (QED) is 0.794. The fourth-order valence-electron chi connectivity index (χ4n) is 2.05. The number of hydrogen-bond acceptors (Lipinski definition) is 3. The second-order valence-corrected chi connectivity index (χ2v) is 5.86. The molecule has 0 aliphatic carbocycles. The molecule has 0 unspecified atom stereocenters. The fourth-order valence-corrected chi connectivity index (χ4v) is 2.40. The van der Waals surface area contributed by atoms with Crippen molar-refractivity contribution in [2.45, 2.75) is 6.42 Å². The van der Waals surface area contributed by atoms with Gasteiger partial charge in [-0.25, -0.2) is 4.39 Å². The monoisotopic (exact) mass is 384 g/mol. The van der Waals surface area contributed by atoms with Gasteiger partial charge in [-0.1, -0.05) is 29.3 Å². The summed E-state index contributed by atoms with van der Waals surface area (Å²) in [6, 6.07) is 10.1.